The van der Waals surface area contributed by atoms with Crippen molar-refractivity contribution in [2.75, 3.05) is 19.0 Å². The molecular weight excluding hydrogens is 196 g/mol. The lowest BCUT2D eigenvalue weighted by Gasteiger charge is -2.19. The second-order valence-electron chi connectivity index (χ2n) is 3.29. The molecule has 2 nitrogen and oxygen atoms in total. The van der Waals surface area contributed by atoms with E-state index in [4.69, 9.17) is 11.6 Å². The summed E-state index contributed by atoms with van der Waals surface area (Å²) in [4.78, 5) is 6.63. The fourth-order valence-electron chi connectivity index (χ4n) is 1.43. The molecule has 1 rings (SSSR count). The van der Waals surface area contributed by atoms with Crippen LogP contribution in [0, 0.1) is 0 Å². The largest absolute Gasteiger partial charge is 0.296 e. The third-order valence-electron chi connectivity index (χ3n) is 2.05. The van der Waals surface area contributed by atoms with Crippen LogP contribution in [-0.4, -0.2) is 28.9 Å². The molecule has 0 saturated heterocycles. The first-order valence-electron chi connectivity index (χ1n) is 5.05. The molecule has 0 N–H and O–H groups in total. The summed E-state index contributed by atoms with van der Waals surface area (Å²) in [6.07, 6.45) is 2.99. The van der Waals surface area contributed by atoms with Crippen molar-refractivity contribution in [2.45, 2.75) is 19.9 Å². The van der Waals surface area contributed by atoms with E-state index in [0.29, 0.717) is 5.88 Å². The van der Waals surface area contributed by atoms with Crippen molar-refractivity contribution in [1.29, 1.82) is 0 Å². The number of rotatable bonds is 6. The lowest BCUT2D eigenvalue weighted by molar-refractivity contribution is 0.279. The van der Waals surface area contributed by atoms with Crippen molar-refractivity contribution in [3.8, 4) is 0 Å². The molecule has 0 aliphatic carbocycles. The minimum atomic E-state index is 0.687. The van der Waals surface area contributed by atoms with E-state index in [-0.39, 0.29) is 0 Å². The Kier molecular flexibility index (Phi) is 5.57. The Balaban J connectivity index is 2.46. The van der Waals surface area contributed by atoms with Gasteiger partial charge >= 0.3 is 0 Å². The topological polar surface area (TPSA) is 16.1 Å². The molecule has 0 aromatic carbocycles. The second kappa shape index (κ2) is 6.80. The molecule has 0 aliphatic heterocycles. The number of alkyl halides is 1. The zero-order chi connectivity index (χ0) is 10.2. The van der Waals surface area contributed by atoms with Gasteiger partial charge in [0.25, 0.3) is 0 Å². The number of pyridine rings is 1. The number of hydrogen-bond donors (Lipinski definition) is 0. The Morgan fingerprint density at radius 3 is 2.79 bits per heavy atom. The van der Waals surface area contributed by atoms with Crippen molar-refractivity contribution < 1.29 is 0 Å². The summed E-state index contributed by atoms with van der Waals surface area (Å²) in [6.45, 7) is 5.11. The van der Waals surface area contributed by atoms with Gasteiger partial charge in [-0.1, -0.05) is 13.0 Å². The monoisotopic (exact) mass is 212 g/mol. The van der Waals surface area contributed by atoms with E-state index in [0.717, 1.165) is 31.7 Å². The SMILES string of the molecule is CCCN(CCCl)Cc1ccccn1. The van der Waals surface area contributed by atoms with E-state index in [2.05, 4.69) is 22.9 Å². The predicted octanol–water partition coefficient (Wildman–Crippen LogP) is 2.53. The fourth-order valence-corrected chi connectivity index (χ4v) is 1.67. The van der Waals surface area contributed by atoms with Gasteiger partial charge in [-0.3, -0.25) is 9.88 Å². The van der Waals surface area contributed by atoms with Crippen LogP contribution in [0.2, 0.25) is 0 Å². The van der Waals surface area contributed by atoms with Gasteiger partial charge in [-0.05, 0) is 25.1 Å². The molecule has 1 aromatic rings. The van der Waals surface area contributed by atoms with Gasteiger partial charge in [0.15, 0.2) is 0 Å². The maximum absolute atomic E-state index is 5.74. The van der Waals surface area contributed by atoms with E-state index < -0.39 is 0 Å². The first kappa shape index (κ1) is 11.5. The third kappa shape index (κ3) is 4.07. The normalized spacial score (nSPS) is 10.8. The van der Waals surface area contributed by atoms with E-state index in [1.165, 1.54) is 0 Å². The molecule has 1 heterocycles. The Morgan fingerprint density at radius 1 is 1.36 bits per heavy atom. The van der Waals surface area contributed by atoms with Gasteiger partial charge in [0.05, 0.1) is 5.69 Å². The second-order valence-corrected chi connectivity index (χ2v) is 3.66. The van der Waals surface area contributed by atoms with Gasteiger partial charge in [-0.15, -0.1) is 11.6 Å². The van der Waals surface area contributed by atoms with Gasteiger partial charge in [0, 0.05) is 25.2 Å². The summed E-state index contributed by atoms with van der Waals surface area (Å²) in [5, 5.41) is 0. The maximum atomic E-state index is 5.74. The molecule has 0 bridgehead atoms. The van der Waals surface area contributed by atoms with Crippen LogP contribution in [0.1, 0.15) is 19.0 Å². The minimum Gasteiger partial charge on any atom is -0.296 e. The minimum absolute atomic E-state index is 0.687. The molecule has 78 valence electrons. The van der Waals surface area contributed by atoms with E-state index in [1.807, 2.05) is 18.3 Å². The van der Waals surface area contributed by atoms with Crippen LogP contribution in [0.5, 0.6) is 0 Å². The Morgan fingerprint density at radius 2 is 2.21 bits per heavy atom. The first-order chi connectivity index (χ1) is 6.86. The zero-order valence-electron chi connectivity index (χ0n) is 8.62. The molecule has 3 heteroatoms. The molecule has 0 aliphatic rings. The maximum Gasteiger partial charge on any atom is 0.0543 e. The van der Waals surface area contributed by atoms with Crippen LogP contribution in [0.15, 0.2) is 24.4 Å². The average Bonchev–Trinajstić information content (AvgIpc) is 2.20. The summed E-state index contributed by atoms with van der Waals surface area (Å²) in [6, 6.07) is 6.01. The highest BCUT2D eigenvalue weighted by molar-refractivity contribution is 6.18. The average molecular weight is 213 g/mol. The van der Waals surface area contributed by atoms with Crippen molar-refractivity contribution >= 4 is 11.6 Å². The molecule has 14 heavy (non-hydrogen) atoms. The summed E-state index contributed by atoms with van der Waals surface area (Å²) >= 11 is 5.74. The van der Waals surface area contributed by atoms with Crippen molar-refractivity contribution in [2.24, 2.45) is 0 Å². The highest BCUT2D eigenvalue weighted by atomic mass is 35.5. The summed E-state index contributed by atoms with van der Waals surface area (Å²) in [5.74, 6) is 0.687. The van der Waals surface area contributed by atoms with Crippen LogP contribution in [0.3, 0.4) is 0 Å². The smallest absolute Gasteiger partial charge is 0.0543 e. The fraction of sp³-hybridized carbons (Fsp3) is 0.545. The van der Waals surface area contributed by atoms with Gasteiger partial charge in [0.1, 0.15) is 0 Å². The Bertz CT molecular complexity index is 232. The predicted molar refractivity (Wildman–Crippen MR) is 60.5 cm³/mol. The lowest BCUT2D eigenvalue weighted by atomic mass is 10.3. The number of aromatic nitrogens is 1. The molecule has 0 saturated carbocycles. The van der Waals surface area contributed by atoms with Gasteiger partial charge in [-0.25, -0.2) is 0 Å². The van der Waals surface area contributed by atoms with Crippen LogP contribution in [0.4, 0.5) is 0 Å². The summed E-state index contributed by atoms with van der Waals surface area (Å²) in [5.41, 5.74) is 1.12. The van der Waals surface area contributed by atoms with E-state index in [1.54, 1.807) is 0 Å². The molecule has 0 atom stereocenters. The lowest BCUT2D eigenvalue weighted by Crippen LogP contribution is -2.26. The molecule has 0 spiro atoms. The zero-order valence-corrected chi connectivity index (χ0v) is 9.37. The van der Waals surface area contributed by atoms with Crippen molar-refractivity contribution in [3.63, 3.8) is 0 Å². The molecular formula is C11H17ClN2. The molecule has 0 radical (unpaired) electrons. The number of halogens is 1. The highest BCUT2D eigenvalue weighted by Gasteiger charge is 2.03. The summed E-state index contributed by atoms with van der Waals surface area (Å²) < 4.78 is 0. The van der Waals surface area contributed by atoms with Crippen molar-refractivity contribution in [1.82, 2.24) is 9.88 Å². The van der Waals surface area contributed by atoms with Crippen LogP contribution in [0.25, 0.3) is 0 Å². The van der Waals surface area contributed by atoms with Crippen LogP contribution >= 0.6 is 11.6 Å². The quantitative estimate of drug-likeness (QED) is 0.674. The van der Waals surface area contributed by atoms with Crippen molar-refractivity contribution in [3.05, 3.63) is 30.1 Å². The van der Waals surface area contributed by atoms with Gasteiger partial charge < -0.3 is 0 Å². The number of hydrogen-bond acceptors (Lipinski definition) is 2. The highest BCUT2D eigenvalue weighted by Crippen LogP contribution is 2.02. The van der Waals surface area contributed by atoms with Gasteiger partial charge in [0.2, 0.25) is 0 Å². The molecule has 0 unspecified atom stereocenters. The molecule has 1 aromatic heterocycles. The Hall–Kier alpha value is -0.600. The third-order valence-corrected chi connectivity index (χ3v) is 2.22. The first-order valence-corrected chi connectivity index (χ1v) is 5.58. The summed E-state index contributed by atoms with van der Waals surface area (Å²) in [7, 11) is 0. The van der Waals surface area contributed by atoms with E-state index >= 15 is 0 Å². The Labute approximate surface area is 90.9 Å². The van der Waals surface area contributed by atoms with Gasteiger partial charge in [-0.2, -0.15) is 0 Å². The number of nitrogens with zero attached hydrogens (tertiary/aromatic N) is 2. The van der Waals surface area contributed by atoms with E-state index in [9.17, 15) is 0 Å². The standard InChI is InChI=1S/C11H17ClN2/c1-2-8-14(9-6-12)10-11-5-3-4-7-13-11/h3-5,7H,2,6,8-10H2,1H3. The van der Waals surface area contributed by atoms with Crippen LogP contribution < -0.4 is 0 Å². The van der Waals surface area contributed by atoms with Crippen LogP contribution in [-0.2, 0) is 6.54 Å². The molecule has 0 amide bonds. The molecule has 0 fully saturated rings.